The van der Waals surface area contributed by atoms with E-state index in [2.05, 4.69) is 18.4 Å². The molecular formula is C39H64N2O3. The van der Waals surface area contributed by atoms with Crippen molar-refractivity contribution in [2.75, 3.05) is 19.6 Å². The number of carbonyl (C=O) groups excluding carboxylic acids is 2. The Morgan fingerprint density at radius 1 is 0.795 bits per heavy atom. The fraction of sp³-hybridized carbons (Fsp3) is 0.692. The van der Waals surface area contributed by atoms with Crippen LogP contribution in [0.5, 0.6) is 5.75 Å². The van der Waals surface area contributed by atoms with Crippen LogP contribution in [0.2, 0.25) is 0 Å². The minimum absolute atomic E-state index is 0.0946. The molecule has 2 aliphatic rings. The Labute approximate surface area is 270 Å². The number of nitrogens with zero attached hydrogens (tertiary/aromatic N) is 2. The molecule has 1 aromatic rings. The summed E-state index contributed by atoms with van der Waals surface area (Å²) in [6, 6.07) is 5.10. The number of benzene rings is 1. The highest BCUT2D eigenvalue weighted by atomic mass is 16.3. The van der Waals surface area contributed by atoms with Crippen LogP contribution in [0.25, 0.3) is 6.08 Å². The Morgan fingerprint density at radius 3 is 1.89 bits per heavy atom. The molecule has 2 saturated heterocycles. The van der Waals surface area contributed by atoms with Gasteiger partial charge in [0.05, 0.1) is 0 Å². The van der Waals surface area contributed by atoms with Crippen LogP contribution in [-0.4, -0.2) is 46.4 Å². The molecule has 5 nitrogen and oxygen atoms in total. The largest absolute Gasteiger partial charge is 0.508 e. The second-order valence-corrected chi connectivity index (χ2v) is 13.0. The average Bonchev–Trinajstić information content (AvgIpc) is 3.04. The minimum atomic E-state index is -0.268. The van der Waals surface area contributed by atoms with Gasteiger partial charge in [0, 0.05) is 37.8 Å². The monoisotopic (exact) mass is 608 g/mol. The van der Waals surface area contributed by atoms with Crippen molar-refractivity contribution < 1.29 is 14.7 Å². The molecular weight excluding hydrogens is 544 g/mol. The van der Waals surface area contributed by atoms with E-state index < -0.39 is 0 Å². The van der Waals surface area contributed by atoms with Gasteiger partial charge in [-0.2, -0.15) is 0 Å². The third kappa shape index (κ3) is 16.5. The fourth-order valence-corrected chi connectivity index (χ4v) is 6.15. The summed E-state index contributed by atoms with van der Waals surface area (Å²) in [6.07, 6.45) is 32.4. The zero-order valence-electron chi connectivity index (χ0n) is 28.4. The van der Waals surface area contributed by atoms with E-state index in [1.165, 1.54) is 152 Å². The maximum absolute atomic E-state index is 11.9. The van der Waals surface area contributed by atoms with Gasteiger partial charge in [0.1, 0.15) is 5.75 Å². The summed E-state index contributed by atoms with van der Waals surface area (Å²) in [7, 11) is 0. The molecule has 0 atom stereocenters. The van der Waals surface area contributed by atoms with Crippen LogP contribution < -0.4 is 0 Å². The fourth-order valence-electron chi connectivity index (χ4n) is 6.15. The summed E-state index contributed by atoms with van der Waals surface area (Å²) in [5.41, 5.74) is 2.99. The topological polar surface area (TPSA) is 60.9 Å². The van der Waals surface area contributed by atoms with Gasteiger partial charge in [-0.25, -0.2) is 0 Å². The van der Waals surface area contributed by atoms with Gasteiger partial charge in [0.2, 0.25) is 5.91 Å². The van der Waals surface area contributed by atoms with E-state index in [0.29, 0.717) is 13.0 Å². The summed E-state index contributed by atoms with van der Waals surface area (Å²) in [5.74, 6) is -0.132. The lowest BCUT2D eigenvalue weighted by molar-refractivity contribution is -0.143. The summed E-state index contributed by atoms with van der Waals surface area (Å²) < 4.78 is 0. The van der Waals surface area contributed by atoms with E-state index >= 15 is 0 Å². The Bertz CT molecular complexity index is 980. The van der Waals surface area contributed by atoms with Crippen LogP contribution in [0.1, 0.15) is 159 Å². The first-order chi connectivity index (χ1) is 21.4. The third-order valence-electron chi connectivity index (χ3n) is 9.10. The summed E-state index contributed by atoms with van der Waals surface area (Å²) in [5, 5.41) is 9.42. The first kappa shape index (κ1) is 37.6. The second kappa shape index (κ2) is 23.8. The molecule has 2 heterocycles. The summed E-state index contributed by atoms with van der Waals surface area (Å²) in [6.45, 7) is 11.4. The Balaban J connectivity index is 0.000000317. The molecule has 2 fully saturated rings. The van der Waals surface area contributed by atoms with Crippen molar-refractivity contribution >= 4 is 17.9 Å². The molecule has 0 aromatic heterocycles. The number of hydrogen-bond donors (Lipinski definition) is 1. The molecule has 2 aliphatic heterocycles. The molecule has 0 bridgehead atoms. The Hall–Kier alpha value is -2.56. The molecule has 248 valence electrons. The van der Waals surface area contributed by atoms with Crippen LogP contribution in [0, 0.1) is 6.92 Å². The molecule has 0 saturated carbocycles. The number of unbranched alkanes of at least 4 members (excludes halogenated alkanes) is 14. The van der Waals surface area contributed by atoms with E-state index in [9.17, 15) is 14.7 Å². The minimum Gasteiger partial charge on any atom is -0.508 e. The van der Waals surface area contributed by atoms with Crippen LogP contribution >= 0.6 is 0 Å². The molecule has 2 amide bonds. The highest BCUT2D eigenvalue weighted by Crippen LogP contribution is 2.20. The van der Waals surface area contributed by atoms with Crippen molar-refractivity contribution in [2.24, 2.45) is 0 Å². The molecule has 0 unspecified atom stereocenters. The number of phenols is 1. The smallest absolute Gasteiger partial charge is 0.253 e. The van der Waals surface area contributed by atoms with Gasteiger partial charge in [-0.1, -0.05) is 109 Å². The SMILES string of the molecule is C=C(CCCCCCCCCCCCCCCCC)N1CCCCC1.Cc1cc(/C=C/C(=O)N2CCCCC2=O)ccc1O. The van der Waals surface area contributed by atoms with Crippen molar-refractivity contribution in [1.29, 1.82) is 0 Å². The Morgan fingerprint density at radius 2 is 1.34 bits per heavy atom. The summed E-state index contributed by atoms with van der Waals surface area (Å²) >= 11 is 0. The van der Waals surface area contributed by atoms with Gasteiger partial charge >= 0.3 is 0 Å². The standard InChI is InChI=1S/C24H47N.C15H17NO3/c1-3-4-5-6-7-8-9-10-11-12-13-14-15-16-18-21-24(2)25-22-19-17-20-23-25;1-11-10-12(5-7-13(11)17)6-8-15(19)16-9-3-2-4-14(16)18/h2-23H2,1H3;5-8,10,17H,2-4,9H2,1H3/b;8-6+. The number of amides is 2. The maximum atomic E-state index is 11.9. The van der Waals surface area contributed by atoms with Crippen molar-refractivity contribution in [3.8, 4) is 5.75 Å². The van der Waals surface area contributed by atoms with Crippen molar-refractivity contribution in [2.45, 2.75) is 155 Å². The molecule has 3 rings (SSSR count). The van der Waals surface area contributed by atoms with Gasteiger partial charge in [0.15, 0.2) is 0 Å². The number of allylic oxidation sites excluding steroid dienone is 1. The van der Waals surface area contributed by atoms with E-state index in [1.54, 1.807) is 31.2 Å². The number of aromatic hydroxyl groups is 1. The van der Waals surface area contributed by atoms with E-state index in [4.69, 9.17) is 0 Å². The average molecular weight is 609 g/mol. The lowest BCUT2D eigenvalue weighted by Crippen LogP contribution is -2.39. The van der Waals surface area contributed by atoms with Crippen LogP contribution in [0.3, 0.4) is 0 Å². The molecule has 0 spiro atoms. The third-order valence-corrected chi connectivity index (χ3v) is 9.10. The number of carbonyl (C=O) groups is 2. The van der Waals surface area contributed by atoms with Crippen LogP contribution in [0.4, 0.5) is 0 Å². The number of rotatable bonds is 19. The zero-order chi connectivity index (χ0) is 31.8. The van der Waals surface area contributed by atoms with Crippen molar-refractivity contribution in [1.82, 2.24) is 9.80 Å². The van der Waals surface area contributed by atoms with Crippen LogP contribution in [-0.2, 0) is 9.59 Å². The van der Waals surface area contributed by atoms with Crippen molar-refractivity contribution in [3.05, 3.63) is 47.7 Å². The molecule has 0 aliphatic carbocycles. The molecule has 5 heteroatoms. The lowest BCUT2D eigenvalue weighted by atomic mass is 10.0. The first-order valence-corrected chi connectivity index (χ1v) is 18.2. The van der Waals surface area contributed by atoms with E-state index in [0.717, 1.165) is 24.0 Å². The van der Waals surface area contributed by atoms with Crippen LogP contribution in [0.15, 0.2) is 36.6 Å². The van der Waals surface area contributed by atoms with Gasteiger partial charge in [0.25, 0.3) is 5.91 Å². The predicted molar refractivity (Wildman–Crippen MR) is 187 cm³/mol. The highest BCUT2D eigenvalue weighted by molar-refractivity contribution is 6.03. The zero-order valence-corrected chi connectivity index (χ0v) is 28.4. The molecule has 1 N–H and O–H groups in total. The number of hydrogen-bond acceptors (Lipinski definition) is 4. The van der Waals surface area contributed by atoms with Crippen molar-refractivity contribution in [3.63, 3.8) is 0 Å². The van der Waals surface area contributed by atoms with E-state index in [1.807, 2.05) is 0 Å². The quantitative estimate of drug-likeness (QED) is 0.125. The lowest BCUT2D eigenvalue weighted by Gasteiger charge is -2.30. The Kier molecular flexibility index (Phi) is 20.3. The number of aryl methyl sites for hydroxylation is 1. The predicted octanol–water partition coefficient (Wildman–Crippen LogP) is 10.5. The van der Waals surface area contributed by atoms with Gasteiger partial charge < -0.3 is 10.0 Å². The molecule has 0 radical (unpaired) electrons. The van der Waals surface area contributed by atoms with E-state index in [-0.39, 0.29) is 17.6 Å². The molecule has 1 aromatic carbocycles. The number of phenolic OH excluding ortho intramolecular Hbond substituents is 1. The first-order valence-electron chi connectivity index (χ1n) is 18.2. The van der Waals surface area contributed by atoms with Gasteiger partial charge in [-0.05, 0) is 81.2 Å². The van der Waals surface area contributed by atoms with Gasteiger partial charge in [-0.15, -0.1) is 0 Å². The molecule has 44 heavy (non-hydrogen) atoms. The normalized spacial score (nSPS) is 15.4. The summed E-state index contributed by atoms with van der Waals surface area (Å²) in [4.78, 5) is 27.3. The number of piperidine rings is 2. The highest BCUT2D eigenvalue weighted by Gasteiger charge is 2.22. The van der Waals surface area contributed by atoms with Gasteiger partial charge in [-0.3, -0.25) is 14.5 Å². The second-order valence-electron chi connectivity index (χ2n) is 13.0. The maximum Gasteiger partial charge on any atom is 0.253 e. The number of likely N-dealkylation sites (tertiary alicyclic amines) is 2. The number of imide groups is 1.